The third-order valence-corrected chi connectivity index (χ3v) is 3.49. The van der Waals surface area contributed by atoms with Crippen molar-refractivity contribution >= 4 is 5.69 Å². The van der Waals surface area contributed by atoms with E-state index in [1.165, 1.54) is 0 Å². The highest BCUT2D eigenvalue weighted by Crippen LogP contribution is 2.26. The molecule has 6 nitrogen and oxygen atoms in total. The molecule has 2 N–H and O–H groups in total. The number of morpholine rings is 1. The number of likely N-dealkylation sites (N-methyl/N-ethyl adjacent to an activating group) is 1. The van der Waals surface area contributed by atoms with Gasteiger partial charge in [-0.25, -0.2) is 0 Å². The molecule has 3 rings (SSSR count). The molecule has 0 aliphatic carbocycles. The molecule has 20 heavy (non-hydrogen) atoms. The summed E-state index contributed by atoms with van der Waals surface area (Å²) in [6.45, 7) is 4.37. The fourth-order valence-electron chi connectivity index (χ4n) is 2.28. The van der Waals surface area contributed by atoms with Crippen molar-refractivity contribution < 1.29 is 9.26 Å². The Kier molecular flexibility index (Phi) is 3.42. The second-order valence-electron chi connectivity index (χ2n) is 5.15. The topological polar surface area (TPSA) is 77.4 Å². The summed E-state index contributed by atoms with van der Waals surface area (Å²) in [6, 6.07) is 5.65. The molecule has 2 heterocycles. The van der Waals surface area contributed by atoms with Crippen LogP contribution in [0.15, 0.2) is 22.7 Å². The maximum absolute atomic E-state index is 5.81. The van der Waals surface area contributed by atoms with Crippen LogP contribution >= 0.6 is 0 Å². The lowest BCUT2D eigenvalue weighted by molar-refractivity contribution is -0.0264. The van der Waals surface area contributed by atoms with Crippen molar-refractivity contribution in [2.45, 2.75) is 13.0 Å². The Hall–Kier alpha value is -1.92. The van der Waals surface area contributed by atoms with Crippen LogP contribution in [0, 0.1) is 6.92 Å². The van der Waals surface area contributed by atoms with Gasteiger partial charge in [0.2, 0.25) is 5.82 Å². The molecular weight excluding hydrogens is 256 g/mol. The minimum Gasteiger partial charge on any atom is -0.399 e. The summed E-state index contributed by atoms with van der Waals surface area (Å²) in [5.74, 6) is 1.08. The van der Waals surface area contributed by atoms with Gasteiger partial charge in [-0.15, -0.1) is 0 Å². The van der Waals surface area contributed by atoms with Crippen LogP contribution in [-0.2, 0) is 4.74 Å². The monoisotopic (exact) mass is 274 g/mol. The zero-order valence-corrected chi connectivity index (χ0v) is 11.7. The molecule has 0 amide bonds. The van der Waals surface area contributed by atoms with Gasteiger partial charge >= 0.3 is 0 Å². The number of benzene rings is 1. The van der Waals surface area contributed by atoms with Crippen LogP contribution in [-0.4, -0.2) is 41.8 Å². The first-order chi connectivity index (χ1) is 9.63. The van der Waals surface area contributed by atoms with Crippen LogP contribution in [0.4, 0.5) is 5.69 Å². The minimum atomic E-state index is -0.132. The van der Waals surface area contributed by atoms with Gasteiger partial charge < -0.3 is 19.9 Å². The van der Waals surface area contributed by atoms with E-state index in [9.17, 15) is 0 Å². The van der Waals surface area contributed by atoms with E-state index in [1.807, 2.05) is 25.1 Å². The zero-order chi connectivity index (χ0) is 14.1. The molecule has 1 aliphatic heterocycles. The lowest BCUT2D eigenvalue weighted by Gasteiger charge is -2.27. The first-order valence-corrected chi connectivity index (χ1v) is 6.64. The predicted molar refractivity (Wildman–Crippen MR) is 75.1 cm³/mol. The zero-order valence-electron chi connectivity index (χ0n) is 11.7. The summed E-state index contributed by atoms with van der Waals surface area (Å²) in [5, 5.41) is 4.04. The van der Waals surface area contributed by atoms with Gasteiger partial charge in [-0.05, 0) is 31.7 Å². The average molecular weight is 274 g/mol. The maximum atomic E-state index is 5.81. The van der Waals surface area contributed by atoms with E-state index < -0.39 is 0 Å². The quantitative estimate of drug-likeness (QED) is 0.839. The van der Waals surface area contributed by atoms with Crippen molar-refractivity contribution in [3.8, 4) is 11.5 Å². The summed E-state index contributed by atoms with van der Waals surface area (Å²) in [5.41, 5.74) is 8.41. The number of hydrogen-bond acceptors (Lipinski definition) is 6. The Morgan fingerprint density at radius 2 is 2.25 bits per heavy atom. The number of aromatic nitrogens is 2. The molecule has 1 saturated heterocycles. The third kappa shape index (κ3) is 2.52. The number of nitrogen functional groups attached to an aromatic ring is 1. The minimum absolute atomic E-state index is 0.132. The van der Waals surface area contributed by atoms with E-state index in [0.29, 0.717) is 24.0 Å². The summed E-state index contributed by atoms with van der Waals surface area (Å²) in [6.07, 6.45) is -0.132. The van der Waals surface area contributed by atoms with E-state index in [0.717, 1.165) is 24.2 Å². The van der Waals surface area contributed by atoms with E-state index >= 15 is 0 Å². The normalized spacial score (nSPS) is 20.2. The number of nitrogens with zero attached hydrogens (tertiary/aromatic N) is 3. The van der Waals surface area contributed by atoms with Crippen LogP contribution in [0.25, 0.3) is 11.5 Å². The molecule has 1 unspecified atom stereocenters. The van der Waals surface area contributed by atoms with Crippen LogP contribution in [0.1, 0.15) is 17.5 Å². The van der Waals surface area contributed by atoms with Gasteiger partial charge in [0.1, 0.15) is 6.10 Å². The van der Waals surface area contributed by atoms with Gasteiger partial charge in [-0.3, -0.25) is 0 Å². The summed E-state index contributed by atoms with van der Waals surface area (Å²) >= 11 is 0. The summed E-state index contributed by atoms with van der Waals surface area (Å²) in [7, 11) is 2.05. The first-order valence-electron chi connectivity index (χ1n) is 6.64. The van der Waals surface area contributed by atoms with Gasteiger partial charge in [0.25, 0.3) is 5.89 Å². The Morgan fingerprint density at radius 1 is 1.40 bits per heavy atom. The molecule has 0 spiro atoms. The molecule has 1 aromatic heterocycles. The van der Waals surface area contributed by atoms with Gasteiger partial charge in [0.15, 0.2) is 0 Å². The number of nitrogens with two attached hydrogens (primary N) is 1. The Labute approximate surface area is 117 Å². The third-order valence-electron chi connectivity index (χ3n) is 3.49. The van der Waals surface area contributed by atoms with Crippen molar-refractivity contribution in [2.75, 3.05) is 32.5 Å². The molecule has 1 aliphatic rings. The Morgan fingerprint density at radius 3 is 3.05 bits per heavy atom. The van der Waals surface area contributed by atoms with Crippen LogP contribution in [0.2, 0.25) is 0 Å². The molecule has 0 bridgehead atoms. The van der Waals surface area contributed by atoms with Crippen molar-refractivity contribution in [3.05, 3.63) is 29.6 Å². The molecule has 1 aromatic carbocycles. The van der Waals surface area contributed by atoms with Crippen LogP contribution in [0.3, 0.4) is 0 Å². The van der Waals surface area contributed by atoms with E-state index in [4.69, 9.17) is 15.0 Å². The second-order valence-corrected chi connectivity index (χ2v) is 5.15. The molecular formula is C14H18N4O2. The van der Waals surface area contributed by atoms with Gasteiger partial charge in [-0.2, -0.15) is 4.98 Å². The molecule has 6 heteroatoms. The Balaban J connectivity index is 1.88. The predicted octanol–water partition coefficient (Wildman–Crippen LogP) is 1.63. The largest absolute Gasteiger partial charge is 0.399 e. The van der Waals surface area contributed by atoms with Gasteiger partial charge in [-0.1, -0.05) is 11.2 Å². The number of aryl methyl sites for hydroxylation is 1. The van der Waals surface area contributed by atoms with Crippen LogP contribution < -0.4 is 5.73 Å². The fourth-order valence-corrected chi connectivity index (χ4v) is 2.28. The second kappa shape index (κ2) is 5.22. The van der Waals surface area contributed by atoms with E-state index in [1.54, 1.807) is 0 Å². The SMILES string of the molecule is Cc1ccc(N)cc1-c1nc(C2CN(C)CCO2)no1. The average Bonchev–Trinajstić information content (AvgIpc) is 2.91. The van der Waals surface area contributed by atoms with Crippen molar-refractivity contribution in [1.82, 2.24) is 15.0 Å². The van der Waals surface area contributed by atoms with Gasteiger partial charge in [0, 0.05) is 24.3 Å². The maximum Gasteiger partial charge on any atom is 0.258 e. The molecule has 2 aromatic rings. The lowest BCUT2D eigenvalue weighted by Crippen LogP contribution is -2.35. The smallest absolute Gasteiger partial charge is 0.258 e. The number of ether oxygens (including phenoxy) is 1. The molecule has 1 fully saturated rings. The number of hydrogen-bond donors (Lipinski definition) is 1. The molecule has 0 saturated carbocycles. The lowest BCUT2D eigenvalue weighted by atomic mass is 10.1. The van der Waals surface area contributed by atoms with E-state index in [2.05, 4.69) is 22.1 Å². The van der Waals surface area contributed by atoms with Gasteiger partial charge in [0.05, 0.1) is 6.61 Å². The summed E-state index contributed by atoms with van der Waals surface area (Å²) < 4.78 is 11.0. The summed E-state index contributed by atoms with van der Waals surface area (Å²) in [4.78, 5) is 6.65. The highest BCUT2D eigenvalue weighted by molar-refractivity contribution is 5.63. The molecule has 106 valence electrons. The Bertz CT molecular complexity index is 611. The van der Waals surface area contributed by atoms with E-state index in [-0.39, 0.29) is 6.10 Å². The number of anilines is 1. The van der Waals surface area contributed by atoms with Crippen molar-refractivity contribution in [2.24, 2.45) is 0 Å². The van der Waals surface area contributed by atoms with Crippen LogP contribution in [0.5, 0.6) is 0 Å². The van der Waals surface area contributed by atoms with Crippen molar-refractivity contribution in [3.63, 3.8) is 0 Å². The molecule has 1 atom stereocenters. The highest BCUT2D eigenvalue weighted by Gasteiger charge is 2.25. The first kappa shape index (κ1) is 13.1. The number of rotatable bonds is 2. The molecule has 0 radical (unpaired) electrons. The van der Waals surface area contributed by atoms with Crippen molar-refractivity contribution in [1.29, 1.82) is 0 Å². The standard InChI is InChI=1S/C14H18N4O2/c1-9-3-4-10(15)7-11(9)14-16-13(17-20-14)12-8-18(2)5-6-19-12/h3-4,7,12H,5-6,8,15H2,1-2H3. The highest BCUT2D eigenvalue weighted by atomic mass is 16.5. The fraction of sp³-hybridized carbons (Fsp3) is 0.429.